The summed E-state index contributed by atoms with van der Waals surface area (Å²) in [6.45, 7) is 0. The van der Waals surface area contributed by atoms with Gasteiger partial charge in [-0.15, -0.1) is 0 Å². The third kappa shape index (κ3) is 1.97. The Morgan fingerprint density at radius 1 is 1.38 bits per heavy atom. The Balaban J connectivity index is 2.24. The second kappa shape index (κ2) is 4.09. The van der Waals surface area contributed by atoms with Crippen LogP contribution in [-0.4, -0.2) is 15.4 Å². The topological polar surface area (TPSA) is 37.3 Å². The molecule has 0 aromatic carbocycles. The van der Waals surface area contributed by atoms with Gasteiger partial charge in [0.05, 0.1) is 11.0 Å². The van der Waals surface area contributed by atoms with Crippen LogP contribution in [0.2, 0.25) is 0 Å². The lowest BCUT2D eigenvalue weighted by molar-refractivity contribution is -0.138. The van der Waals surface area contributed by atoms with Crippen LogP contribution in [-0.2, 0) is 4.79 Å². The summed E-state index contributed by atoms with van der Waals surface area (Å²) in [5.41, 5.74) is 0.867. The molecule has 2 aliphatic rings. The molecule has 2 nitrogen and oxygen atoms in total. The molecular weight excluding hydrogens is 294 g/mol. The number of allylic oxidation sites excluding steroid dienone is 4. The Morgan fingerprint density at radius 3 is 2.44 bits per heavy atom. The third-order valence-corrected chi connectivity index (χ3v) is 4.69. The van der Waals surface area contributed by atoms with Gasteiger partial charge in [-0.25, -0.2) is 0 Å². The maximum Gasteiger partial charge on any atom is 0.310 e. The first-order chi connectivity index (χ1) is 7.35. The van der Waals surface area contributed by atoms with E-state index in [-0.39, 0.29) is 5.92 Å². The third-order valence-electron chi connectivity index (χ3n) is 2.92. The summed E-state index contributed by atoms with van der Waals surface area (Å²) in [4.78, 5) is 10.9. The van der Waals surface area contributed by atoms with E-state index in [9.17, 15) is 4.79 Å². The van der Waals surface area contributed by atoms with E-state index in [0.29, 0.717) is 22.9 Å². The van der Waals surface area contributed by atoms with E-state index in [1.165, 1.54) is 0 Å². The summed E-state index contributed by atoms with van der Waals surface area (Å²) >= 11 is 23.6. The zero-order chi connectivity index (χ0) is 12.1. The maximum atomic E-state index is 10.9. The first-order valence-corrected chi connectivity index (χ1v) is 6.22. The highest BCUT2D eigenvalue weighted by Crippen LogP contribution is 2.63. The molecule has 0 radical (unpaired) electrons. The van der Waals surface area contributed by atoms with Gasteiger partial charge in [0.2, 0.25) is 0 Å². The number of carbonyl (C=O) groups is 1. The van der Waals surface area contributed by atoms with E-state index >= 15 is 0 Å². The fraction of sp³-hybridized carbons (Fsp3) is 0.500. The number of halogens is 4. The highest BCUT2D eigenvalue weighted by atomic mass is 35.5. The molecule has 1 fully saturated rings. The molecule has 2 aliphatic carbocycles. The van der Waals surface area contributed by atoms with Gasteiger partial charge in [0.1, 0.15) is 4.33 Å². The van der Waals surface area contributed by atoms with Crippen LogP contribution in [0.25, 0.3) is 0 Å². The van der Waals surface area contributed by atoms with Crippen molar-refractivity contribution in [2.24, 2.45) is 11.8 Å². The second-order valence-corrected chi connectivity index (χ2v) is 6.25. The predicted octanol–water partition coefficient (Wildman–Crippen LogP) is 3.90. The Morgan fingerprint density at radius 2 is 2.00 bits per heavy atom. The molecule has 0 amide bonds. The summed E-state index contributed by atoms with van der Waals surface area (Å²) in [5.74, 6) is -2.08. The zero-order valence-electron chi connectivity index (χ0n) is 8.01. The van der Waals surface area contributed by atoms with E-state index < -0.39 is 16.2 Å². The molecule has 1 N–H and O–H groups in total. The molecule has 0 aromatic rings. The molecule has 0 spiro atoms. The fourth-order valence-electron chi connectivity index (χ4n) is 2.03. The number of hydrogen-bond acceptors (Lipinski definition) is 1. The van der Waals surface area contributed by atoms with Crippen molar-refractivity contribution in [3.8, 4) is 0 Å². The summed E-state index contributed by atoms with van der Waals surface area (Å²) in [5, 5.41) is 9.98. The molecule has 0 heterocycles. The Kier molecular flexibility index (Phi) is 3.21. The normalized spacial score (nSPS) is 32.4. The maximum absolute atomic E-state index is 10.9. The van der Waals surface area contributed by atoms with Gasteiger partial charge in [0, 0.05) is 11.0 Å². The number of carboxylic acids is 1. The predicted molar refractivity (Wildman–Crippen MR) is 65.1 cm³/mol. The molecule has 16 heavy (non-hydrogen) atoms. The molecule has 0 saturated heterocycles. The summed E-state index contributed by atoms with van der Waals surface area (Å²) < 4.78 is -1.21. The number of hydrogen-bond donors (Lipinski definition) is 1. The van der Waals surface area contributed by atoms with Crippen molar-refractivity contribution in [2.45, 2.75) is 17.2 Å². The quantitative estimate of drug-likeness (QED) is 0.785. The van der Waals surface area contributed by atoms with Gasteiger partial charge in [-0.2, -0.15) is 0 Å². The van der Waals surface area contributed by atoms with Crippen LogP contribution in [0.3, 0.4) is 0 Å². The summed E-state index contributed by atoms with van der Waals surface area (Å²) in [6, 6.07) is 0. The van der Waals surface area contributed by atoms with Gasteiger partial charge in [-0.3, -0.25) is 4.79 Å². The highest BCUT2D eigenvalue weighted by molar-refractivity contribution is 6.53. The van der Waals surface area contributed by atoms with Crippen molar-refractivity contribution in [1.82, 2.24) is 0 Å². The van der Waals surface area contributed by atoms with Crippen molar-refractivity contribution < 1.29 is 9.90 Å². The molecule has 2 atom stereocenters. The van der Waals surface area contributed by atoms with Gasteiger partial charge >= 0.3 is 5.97 Å². The molecule has 1 saturated carbocycles. The van der Waals surface area contributed by atoms with Crippen molar-refractivity contribution in [2.75, 3.05) is 0 Å². The molecule has 0 unspecified atom stereocenters. The minimum Gasteiger partial charge on any atom is -0.481 e. The van der Waals surface area contributed by atoms with Crippen LogP contribution in [0.1, 0.15) is 12.8 Å². The Hall–Kier alpha value is 0.110. The molecule has 0 bridgehead atoms. The average molecular weight is 302 g/mol. The minimum absolute atomic E-state index is 0.355. The largest absolute Gasteiger partial charge is 0.481 e. The van der Waals surface area contributed by atoms with Crippen LogP contribution in [0.5, 0.6) is 0 Å². The summed E-state index contributed by atoms with van der Waals surface area (Å²) in [6.07, 6.45) is 2.95. The standard InChI is InChI=1S/C10H8Cl4O2/c11-5-2-1-4(3-6(5)12)7-8(9(15)16)10(7,13)14/h3,7-8H,1-2H2,(H,15,16)/t7-,8+/m0/s1. The number of rotatable bonds is 2. The number of alkyl halides is 2. The Bertz CT molecular complexity index is 411. The van der Waals surface area contributed by atoms with Gasteiger partial charge in [-0.1, -0.05) is 52.0 Å². The van der Waals surface area contributed by atoms with Crippen molar-refractivity contribution in [3.05, 3.63) is 21.7 Å². The molecular formula is C10H8Cl4O2. The second-order valence-electron chi connectivity index (χ2n) is 3.94. The SMILES string of the molecule is O=C(O)[C@H]1[C@H](C2=CC(Cl)=C(Cl)CC2)C1(Cl)Cl. The van der Waals surface area contributed by atoms with Crippen LogP contribution < -0.4 is 0 Å². The lowest BCUT2D eigenvalue weighted by atomic mass is 9.99. The number of carboxylic acid groups (broad SMARTS) is 1. The van der Waals surface area contributed by atoms with Crippen LogP contribution in [0, 0.1) is 11.8 Å². The molecule has 2 rings (SSSR count). The smallest absolute Gasteiger partial charge is 0.310 e. The van der Waals surface area contributed by atoms with Gasteiger partial charge in [0.25, 0.3) is 0 Å². The van der Waals surface area contributed by atoms with Crippen LogP contribution in [0.4, 0.5) is 0 Å². The van der Waals surface area contributed by atoms with Crippen molar-refractivity contribution >= 4 is 52.4 Å². The average Bonchev–Trinajstić information content (AvgIpc) is 2.74. The van der Waals surface area contributed by atoms with Crippen LogP contribution >= 0.6 is 46.4 Å². The lowest BCUT2D eigenvalue weighted by Crippen LogP contribution is -2.04. The molecule has 0 aromatic heterocycles. The van der Waals surface area contributed by atoms with E-state index in [2.05, 4.69) is 0 Å². The first kappa shape index (κ1) is 12.6. The first-order valence-electron chi connectivity index (χ1n) is 4.71. The highest BCUT2D eigenvalue weighted by Gasteiger charge is 2.68. The monoisotopic (exact) mass is 300 g/mol. The van der Waals surface area contributed by atoms with E-state index in [0.717, 1.165) is 5.57 Å². The van der Waals surface area contributed by atoms with Gasteiger partial charge in [-0.05, 0) is 18.9 Å². The van der Waals surface area contributed by atoms with Crippen molar-refractivity contribution in [1.29, 1.82) is 0 Å². The lowest BCUT2D eigenvalue weighted by Gasteiger charge is -2.13. The van der Waals surface area contributed by atoms with Crippen molar-refractivity contribution in [3.63, 3.8) is 0 Å². The molecule has 6 heteroatoms. The van der Waals surface area contributed by atoms with Gasteiger partial charge < -0.3 is 5.11 Å². The van der Waals surface area contributed by atoms with Crippen LogP contribution in [0.15, 0.2) is 21.7 Å². The fourth-order valence-corrected chi connectivity index (χ4v) is 3.26. The van der Waals surface area contributed by atoms with E-state index in [1.807, 2.05) is 0 Å². The zero-order valence-corrected chi connectivity index (χ0v) is 11.0. The van der Waals surface area contributed by atoms with E-state index in [1.54, 1.807) is 6.08 Å². The van der Waals surface area contributed by atoms with E-state index in [4.69, 9.17) is 51.5 Å². The molecule has 0 aliphatic heterocycles. The Labute approximate surface area is 113 Å². The molecule has 88 valence electrons. The number of aliphatic carboxylic acids is 1. The van der Waals surface area contributed by atoms with Gasteiger partial charge in [0.15, 0.2) is 0 Å². The summed E-state index contributed by atoms with van der Waals surface area (Å²) in [7, 11) is 0. The minimum atomic E-state index is -1.21.